The lowest BCUT2D eigenvalue weighted by molar-refractivity contribution is -0.178. The maximum absolute atomic E-state index is 15.0. The summed E-state index contributed by atoms with van der Waals surface area (Å²) in [6.07, 6.45) is 10.9. The first-order chi connectivity index (χ1) is 18.0. The highest BCUT2D eigenvalue weighted by molar-refractivity contribution is 6.27. The normalized spacial score (nSPS) is 28.3. The van der Waals surface area contributed by atoms with Gasteiger partial charge in [-0.05, 0) is 105 Å². The molecule has 3 unspecified atom stereocenters. The molecule has 0 amide bonds. The smallest absolute Gasteiger partial charge is 0.176 e. The Kier molecular flexibility index (Phi) is 10.4. The van der Waals surface area contributed by atoms with Crippen LogP contribution in [-0.2, 0) is 14.4 Å². The molecule has 2 aliphatic rings. The fourth-order valence-electron chi connectivity index (χ4n) is 6.72. The van der Waals surface area contributed by atoms with Gasteiger partial charge in [0.15, 0.2) is 22.8 Å². The molecule has 4 nitrogen and oxygen atoms in total. The van der Waals surface area contributed by atoms with E-state index in [-0.39, 0.29) is 47.4 Å². The van der Waals surface area contributed by atoms with E-state index in [1.165, 1.54) is 5.57 Å². The Balaban J connectivity index is 3.11. The summed E-state index contributed by atoms with van der Waals surface area (Å²) in [7, 11) is 0. The molecular weight excluding hydrogens is 484 g/mol. The third kappa shape index (κ3) is 5.86. The van der Waals surface area contributed by atoms with Crippen molar-refractivity contribution in [3.05, 3.63) is 57.9 Å². The predicted molar refractivity (Wildman–Crippen MR) is 161 cm³/mol. The highest BCUT2D eigenvalue weighted by Gasteiger charge is 2.75. The Labute approximate surface area is 237 Å². The number of allylic oxidation sites excluding steroid dienone is 10. The zero-order valence-electron chi connectivity index (χ0n) is 26.4. The summed E-state index contributed by atoms with van der Waals surface area (Å²) >= 11 is 0. The molecule has 39 heavy (non-hydrogen) atoms. The molecule has 1 saturated carbocycles. The molecule has 1 fully saturated rings. The predicted octanol–water partition coefficient (Wildman–Crippen LogP) is 8.99. The van der Waals surface area contributed by atoms with Gasteiger partial charge in [-0.25, -0.2) is 0 Å². The second-order valence-corrected chi connectivity index (χ2v) is 13.5. The summed E-state index contributed by atoms with van der Waals surface area (Å²) in [5, 5.41) is 12.2. The molecule has 2 rings (SSSR count). The Morgan fingerprint density at radius 1 is 0.897 bits per heavy atom. The number of Topliss-reactive ketones (excluding diaryl/α,β-unsaturated/α-hetero) is 3. The van der Waals surface area contributed by atoms with Crippen molar-refractivity contribution in [2.24, 2.45) is 28.1 Å². The van der Waals surface area contributed by atoms with E-state index in [9.17, 15) is 19.5 Å². The Bertz CT molecular complexity index is 1140. The largest absolute Gasteiger partial charge is 0.510 e. The van der Waals surface area contributed by atoms with Gasteiger partial charge in [0.25, 0.3) is 0 Å². The van der Waals surface area contributed by atoms with Gasteiger partial charge in [0.2, 0.25) is 0 Å². The fourth-order valence-corrected chi connectivity index (χ4v) is 6.72. The monoisotopic (exact) mass is 536 g/mol. The Morgan fingerprint density at radius 2 is 1.44 bits per heavy atom. The number of rotatable bonds is 11. The van der Waals surface area contributed by atoms with Crippen LogP contribution in [0.4, 0.5) is 0 Å². The molecule has 2 bridgehead atoms. The van der Waals surface area contributed by atoms with E-state index in [0.717, 1.165) is 16.7 Å². The molecule has 0 aromatic rings. The zero-order chi connectivity index (χ0) is 29.9. The zero-order valence-corrected chi connectivity index (χ0v) is 26.4. The van der Waals surface area contributed by atoms with Gasteiger partial charge in [0, 0.05) is 11.5 Å². The highest BCUT2D eigenvalue weighted by atomic mass is 16.3. The molecule has 0 aromatic heterocycles. The molecule has 0 aliphatic heterocycles. The lowest BCUT2D eigenvalue weighted by Gasteiger charge is -2.61. The van der Waals surface area contributed by atoms with Crippen molar-refractivity contribution in [3.8, 4) is 0 Å². The van der Waals surface area contributed by atoms with Crippen LogP contribution in [0.15, 0.2) is 57.9 Å². The molecule has 216 valence electrons. The molecule has 0 saturated heterocycles. The third-order valence-corrected chi connectivity index (χ3v) is 8.97. The quantitative estimate of drug-likeness (QED) is 0.211. The van der Waals surface area contributed by atoms with E-state index in [1.807, 2.05) is 74.5 Å². The van der Waals surface area contributed by atoms with Crippen LogP contribution >= 0.6 is 0 Å². The number of hydrogen-bond donors (Lipinski definition) is 1. The summed E-state index contributed by atoms with van der Waals surface area (Å²) < 4.78 is 0. The van der Waals surface area contributed by atoms with E-state index in [2.05, 4.69) is 12.2 Å². The lowest BCUT2D eigenvalue weighted by atomic mass is 9.38. The second kappa shape index (κ2) is 12.4. The van der Waals surface area contributed by atoms with Gasteiger partial charge in [-0.15, -0.1) is 0 Å². The van der Waals surface area contributed by atoms with Gasteiger partial charge in [0.05, 0.1) is 5.41 Å². The van der Waals surface area contributed by atoms with Crippen molar-refractivity contribution < 1.29 is 19.5 Å². The molecule has 0 heterocycles. The van der Waals surface area contributed by atoms with Crippen molar-refractivity contribution in [1.29, 1.82) is 0 Å². The number of fused-ring (bicyclic) bond motifs is 2. The summed E-state index contributed by atoms with van der Waals surface area (Å²) in [4.78, 5) is 43.9. The maximum Gasteiger partial charge on any atom is 0.176 e. The summed E-state index contributed by atoms with van der Waals surface area (Å²) in [5.74, 6) is -1.87. The van der Waals surface area contributed by atoms with Crippen LogP contribution in [0.1, 0.15) is 115 Å². The Hall–Kier alpha value is -2.49. The van der Waals surface area contributed by atoms with Crippen molar-refractivity contribution in [2.45, 2.75) is 115 Å². The first-order valence-electron chi connectivity index (χ1n) is 14.6. The van der Waals surface area contributed by atoms with Crippen LogP contribution in [0.3, 0.4) is 0 Å². The van der Waals surface area contributed by atoms with Crippen LogP contribution in [-0.4, -0.2) is 22.5 Å². The first kappa shape index (κ1) is 32.7. The molecule has 0 aromatic carbocycles. The molecule has 0 radical (unpaired) electrons. The molecule has 0 spiro atoms. The number of ketones is 3. The number of carbonyl (C=O) groups is 3. The fraction of sp³-hybridized carbons (Fsp3) is 0.629. The van der Waals surface area contributed by atoms with E-state index in [4.69, 9.17) is 0 Å². The summed E-state index contributed by atoms with van der Waals surface area (Å²) in [6, 6.07) is 0. The topological polar surface area (TPSA) is 71.4 Å². The minimum Gasteiger partial charge on any atom is -0.510 e. The summed E-state index contributed by atoms with van der Waals surface area (Å²) in [6.45, 7) is 21.6. The maximum atomic E-state index is 15.0. The SMILES string of the molecule is CC(C)=CCCC1(C)C(CC=C(C)C)CC2(CC=C(C)C)C(=O)C(CC=C(C)C)=C(O)[C@@]1(C(=O)C(C)C)C2=O. The minimum atomic E-state index is -1.76. The Morgan fingerprint density at radius 3 is 1.92 bits per heavy atom. The first-order valence-corrected chi connectivity index (χ1v) is 14.6. The van der Waals surface area contributed by atoms with E-state index in [1.54, 1.807) is 13.8 Å². The van der Waals surface area contributed by atoms with E-state index < -0.39 is 22.2 Å². The van der Waals surface area contributed by atoms with Crippen LogP contribution in [0.2, 0.25) is 0 Å². The molecule has 4 atom stereocenters. The standard InChI is InChI=1S/C35H52O4/c1-22(2)13-12-19-33(11)27(16-14-23(3)4)21-34(20-18-25(7)8)30(37)28(17-15-24(5)6)31(38)35(33,32(34)39)29(36)26(9)10/h13-15,18,26-27,38H,12,16-17,19-21H2,1-11H3/t27?,33?,34?,35-/m0/s1. The number of hydrogen-bond acceptors (Lipinski definition) is 4. The van der Waals surface area contributed by atoms with Crippen molar-refractivity contribution >= 4 is 17.3 Å². The van der Waals surface area contributed by atoms with Gasteiger partial charge in [-0.3, -0.25) is 14.4 Å². The van der Waals surface area contributed by atoms with E-state index in [0.29, 0.717) is 25.7 Å². The third-order valence-electron chi connectivity index (χ3n) is 8.97. The van der Waals surface area contributed by atoms with Gasteiger partial charge in [-0.1, -0.05) is 67.4 Å². The average molecular weight is 537 g/mol. The number of aliphatic hydroxyl groups is 1. The van der Waals surface area contributed by atoms with Gasteiger partial charge < -0.3 is 5.11 Å². The van der Waals surface area contributed by atoms with Gasteiger partial charge in [0.1, 0.15) is 5.76 Å². The van der Waals surface area contributed by atoms with Gasteiger partial charge in [-0.2, -0.15) is 0 Å². The minimum absolute atomic E-state index is 0.139. The number of carbonyl (C=O) groups excluding carboxylic acids is 3. The number of aliphatic hydroxyl groups excluding tert-OH is 1. The molecular formula is C35H52O4. The van der Waals surface area contributed by atoms with Crippen molar-refractivity contribution in [2.75, 3.05) is 0 Å². The van der Waals surface area contributed by atoms with Crippen LogP contribution in [0.25, 0.3) is 0 Å². The molecule has 4 heteroatoms. The van der Waals surface area contributed by atoms with Crippen LogP contribution in [0, 0.1) is 28.1 Å². The lowest BCUT2D eigenvalue weighted by Crippen LogP contribution is -2.70. The molecule has 1 N–H and O–H groups in total. The van der Waals surface area contributed by atoms with Gasteiger partial charge >= 0.3 is 0 Å². The molecule has 2 aliphatic carbocycles. The summed E-state index contributed by atoms with van der Waals surface area (Å²) in [5.41, 5.74) is 0.611. The van der Waals surface area contributed by atoms with Crippen molar-refractivity contribution in [1.82, 2.24) is 0 Å². The van der Waals surface area contributed by atoms with Crippen LogP contribution < -0.4 is 0 Å². The van der Waals surface area contributed by atoms with E-state index >= 15 is 0 Å². The second-order valence-electron chi connectivity index (χ2n) is 13.5. The van der Waals surface area contributed by atoms with Crippen molar-refractivity contribution in [3.63, 3.8) is 0 Å². The highest BCUT2D eigenvalue weighted by Crippen LogP contribution is 2.68. The van der Waals surface area contributed by atoms with Crippen LogP contribution in [0.5, 0.6) is 0 Å². The average Bonchev–Trinajstić information content (AvgIpc) is 2.81.